The average Bonchev–Trinajstić information content (AvgIpc) is 2.61. The summed E-state index contributed by atoms with van der Waals surface area (Å²) >= 11 is 0. The molecule has 1 amide bonds. The molecular formula is C18H18N2O7. The summed E-state index contributed by atoms with van der Waals surface area (Å²) in [4.78, 5) is 51.3. The molecule has 1 aromatic carbocycles. The van der Waals surface area contributed by atoms with Gasteiger partial charge in [0.1, 0.15) is 0 Å². The summed E-state index contributed by atoms with van der Waals surface area (Å²) < 4.78 is 10.1. The minimum atomic E-state index is -1.74. The van der Waals surface area contributed by atoms with Gasteiger partial charge in [-0.2, -0.15) is 0 Å². The first-order chi connectivity index (χ1) is 12.8. The van der Waals surface area contributed by atoms with E-state index in [2.05, 4.69) is 4.98 Å². The second-order valence-electron chi connectivity index (χ2n) is 6.15. The Kier molecular flexibility index (Phi) is 4.95. The fraction of sp³-hybridized carbons (Fsp3) is 0.333. The number of nitrogens with zero attached hydrogens (tertiary/aromatic N) is 1. The zero-order chi connectivity index (χ0) is 19.7. The molecule has 1 fully saturated rings. The molecule has 2 N–H and O–H groups in total. The zero-order valence-electron chi connectivity index (χ0n) is 14.7. The van der Waals surface area contributed by atoms with E-state index in [1.807, 2.05) is 0 Å². The number of hydrogen-bond acceptors (Lipinski definition) is 6. The van der Waals surface area contributed by atoms with Gasteiger partial charge in [-0.05, 0) is 30.0 Å². The standard InChI is InChI=1S/C18H18N2O7/c1-9-12(5-3-11-4-6-13(22)19-14(9)11)20-7-8-26-15(17(20)23)16(18(24)25)27-10(2)21/h3-6,15-16H,7-8H2,1-2H3,(H,19,22)(H,24,25)/t15-,16-/m1/s1. The van der Waals surface area contributed by atoms with Gasteiger partial charge in [0.2, 0.25) is 11.7 Å². The van der Waals surface area contributed by atoms with Crippen LogP contribution in [0.4, 0.5) is 5.69 Å². The number of carboxylic acid groups (broad SMARTS) is 1. The number of anilines is 1. The monoisotopic (exact) mass is 374 g/mol. The van der Waals surface area contributed by atoms with E-state index in [1.54, 1.807) is 25.1 Å². The molecule has 1 saturated heterocycles. The number of pyridine rings is 1. The number of aryl methyl sites for hydroxylation is 1. The van der Waals surface area contributed by atoms with Gasteiger partial charge in [-0.3, -0.25) is 14.4 Å². The molecule has 9 heteroatoms. The van der Waals surface area contributed by atoms with Gasteiger partial charge in [0.25, 0.3) is 5.91 Å². The molecule has 0 spiro atoms. The smallest absolute Gasteiger partial charge is 0.348 e. The molecule has 1 aromatic heterocycles. The van der Waals surface area contributed by atoms with Crippen LogP contribution in [0.15, 0.2) is 29.1 Å². The fourth-order valence-electron chi connectivity index (χ4n) is 3.13. The number of carbonyl (C=O) groups excluding carboxylic acids is 2. The van der Waals surface area contributed by atoms with Crippen LogP contribution in [0, 0.1) is 6.92 Å². The van der Waals surface area contributed by atoms with Gasteiger partial charge in [0.05, 0.1) is 12.1 Å². The second kappa shape index (κ2) is 7.20. The van der Waals surface area contributed by atoms with Gasteiger partial charge >= 0.3 is 11.9 Å². The largest absolute Gasteiger partial charge is 0.478 e. The maximum atomic E-state index is 12.9. The summed E-state index contributed by atoms with van der Waals surface area (Å²) in [5.41, 5.74) is 1.51. The molecule has 2 atom stereocenters. The normalized spacial score (nSPS) is 18.4. The van der Waals surface area contributed by atoms with Crippen molar-refractivity contribution in [2.24, 2.45) is 0 Å². The number of rotatable bonds is 4. The molecule has 0 unspecified atom stereocenters. The van der Waals surface area contributed by atoms with Gasteiger partial charge in [0, 0.05) is 25.2 Å². The summed E-state index contributed by atoms with van der Waals surface area (Å²) in [7, 11) is 0. The van der Waals surface area contributed by atoms with Crippen LogP contribution in [0.25, 0.3) is 10.9 Å². The maximum absolute atomic E-state index is 12.9. The van der Waals surface area contributed by atoms with Crippen LogP contribution in [-0.4, -0.2) is 53.3 Å². The summed E-state index contributed by atoms with van der Waals surface area (Å²) in [6.45, 7) is 3.09. The fourth-order valence-corrected chi connectivity index (χ4v) is 3.13. The van der Waals surface area contributed by atoms with Crippen molar-refractivity contribution in [2.45, 2.75) is 26.1 Å². The van der Waals surface area contributed by atoms with Crippen LogP contribution in [0.2, 0.25) is 0 Å². The molecular weight excluding hydrogens is 356 g/mol. The molecule has 0 bridgehead atoms. The van der Waals surface area contributed by atoms with Gasteiger partial charge in [-0.15, -0.1) is 0 Å². The first-order valence-corrected chi connectivity index (χ1v) is 8.25. The molecule has 0 aliphatic carbocycles. The van der Waals surface area contributed by atoms with Crippen molar-refractivity contribution in [3.8, 4) is 0 Å². The molecule has 0 saturated carbocycles. The SMILES string of the molecule is CC(=O)O[C@@H](C(=O)O)[C@H]1OCCN(c2ccc3ccc(=O)[nH]c3c2C)C1=O. The summed E-state index contributed by atoms with van der Waals surface area (Å²) in [6.07, 6.45) is -3.19. The predicted octanol–water partition coefficient (Wildman–Crippen LogP) is 0.585. The van der Waals surface area contributed by atoms with E-state index < -0.39 is 30.1 Å². The number of aromatic nitrogens is 1. The number of H-pyrrole nitrogens is 1. The number of nitrogens with one attached hydrogen (secondary N) is 1. The number of hydrogen-bond donors (Lipinski definition) is 2. The lowest BCUT2D eigenvalue weighted by Gasteiger charge is -2.35. The van der Waals surface area contributed by atoms with Crippen molar-refractivity contribution in [1.82, 2.24) is 4.98 Å². The van der Waals surface area contributed by atoms with Crippen LogP contribution < -0.4 is 10.5 Å². The lowest BCUT2D eigenvalue weighted by molar-refractivity contribution is -0.177. The van der Waals surface area contributed by atoms with E-state index in [1.165, 1.54) is 11.0 Å². The van der Waals surface area contributed by atoms with Crippen LogP contribution in [-0.2, 0) is 23.9 Å². The zero-order valence-corrected chi connectivity index (χ0v) is 14.7. The first-order valence-electron chi connectivity index (χ1n) is 8.25. The van der Waals surface area contributed by atoms with Crippen molar-refractivity contribution in [3.05, 3.63) is 40.2 Å². The van der Waals surface area contributed by atoms with E-state index in [0.29, 0.717) is 16.8 Å². The quantitative estimate of drug-likeness (QED) is 0.750. The molecule has 142 valence electrons. The highest BCUT2D eigenvalue weighted by atomic mass is 16.6. The van der Waals surface area contributed by atoms with Crippen LogP contribution in [0.5, 0.6) is 0 Å². The Hall–Kier alpha value is -3.20. The molecule has 2 heterocycles. The third-order valence-corrected chi connectivity index (χ3v) is 4.35. The van der Waals surface area contributed by atoms with Gasteiger partial charge in [-0.25, -0.2) is 4.79 Å². The number of carboxylic acids is 1. The lowest BCUT2D eigenvalue weighted by atomic mass is 10.1. The number of aliphatic carboxylic acids is 1. The Balaban J connectivity index is 1.99. The second-order valence-corrected chi connectivity index (χ2v) is 6.15. The van der Waals surface area contributed by atoms with Crippen LogP contribution in [0.3, 0.4) is 0 Å². The van der Waals surface area contributed by atoms with Crippen molar-refractivity contribution >= 4 is 34.4 Å². The number of ether oxygens (including phenoxy) is 2. The van der Waals surface area contributed by atoms with Gasteiger partial charge in [-0.1, -0.05) is 6.07 Å². The van der Waals surface area contributed by atoms with E-state index >= 15 is 0 Å². The van der Waals surface area contributed by atoms with Crippen LogP contribution in [0.1, 0.15) is 12.5 Å². The highest BCUT2D eigenvalue weighted by molar-refractivity contribution is 6.02. The molecule has 1 aliphatic heterocycles. The molecule has 9 nitrogen and oxygen atoms in total. The number of benzene rings is 1. The summed E-state index contributed by atoms with van der Waals surface area (Å²) in [5.74, 6) is -2.92. The molecule has 2 aromatic rings. The number of amides is 1. The average molecular weight is 374 g/mol. The molecule has 1 aliphatic rings. The number of carbonyl (C=O) groups is 3. The Morgan fingerprint density at radius 2 is 2.00 bits per heavy atom. The van der Waals surface area contributed by atoms with E-state index in [9.17, 15) is 24.3 Å². The maximum Gasteiger partial charge on any atom is 0.348 e. The van der Waals surface area contributed by atoms with Gasteiger partial charge in [0.15, 0.2) is 6.10 Å². The Bertz CT molecular complexity index is 981. The van der Waals surface area contributed by atoms with E-state index in [-0.39, 0.29) is 18.7 Å². The van der Waals surface area contributed by atoms with Gasteiger partial charge < -0.3 is 24.5 Å². The highest BCUT2D eigenvalue weighted by Crippen LogP contribution is 2.29. The van der Waals surface area contributed by atoms with Crippen molar-refractivity contribution < 1.29 is 29.0 Å². The third-order valence-electron chi connectivity index (χ3n) is 4.35. The molecule has 0 radical (unpaired) electrons. The van der Waals surface area contributed by atoms with Crippen molar-refractivity contribution in [3.63, 3.8) is 0 Å². The molecule has 3 rings (SSSR count). The lowest BCUT2D eigenvalue weighted by Crippen LogP contribution is -2.55. The van der Waals surface area contributed by atoms with E-state index in [0.717, 1.165) is 12.3 Å². The number of morpholine rings is 1. The predicted molar refractivity (Wildman–Crippen MR) is 94.6 cm³/mol. The van der Waals surface area contributed by atoms with Crippen molar-refractivity contribution in [2.75, 3.05) is 18.1 Å². The topological polar surface area (TPSA) is 126 Å². The Labute approximate surface area is 153 Å². The first kappa shape index (κ1) is 18.6. The minimum absolute atomic E-state index is 0.0736. The highest BCUT2D eigenvalue weighted by Gasteiger charge is 2.42. The third kappa shape index (κ3) is 3.54. The number of esters is 1. The molecule has 27 heavy (non-hydrogen) atoms. The minimum Gasteiger partial charge on any atom is -0.478 e. The summed E-state index contributed by atoms with van der Waals surface area (Å²) in [5, 5.41) is 10.1. The summed E-state index contributed by atoms with van der Waals surface area (Å²) in [6, 6.07) is 6.56. The van der Waals surface area contributed by atoms with Crippen LogP contribution >= 0.6 is 0 Å². The Morgan fingerprint density at radius 3 is 2.67 bits per heavy atom. The van der Waals surface area contributed by atoms with Crippen molar-refractivity contribution in [1.29, 1.82) is 0 Å². The number of fused-ring (bicyclic) bond motifs is 1. The Morgan fingerprint density at radius 1 is 1.30 bits per heavy atom. The van der Waals surface area contributed by atoms with E-state index in [4.69, 9.17) is 9.47 Å². The number of aromatic amines is 1.